The van der Waals surface area contributed by atoms with Gasteiger partial charge in [0, 0.05) is 18.8 Å². The number of fused-ring (bicyclic) bond motifs is 5. The maximum Gasteiger partial charge on any atom is 0.410 e. The Morgan fingerprint density at radius 3 is 2.05 bits per heavy atom. The van der Waals surface area contributed by atoms with Crippen LogP contribution in [0.1, 0.15) is 46.6 Å². The van der Waals surface area contributed by atoms with Crippen molar-refractivity contribution >= 4 is 6.09 Å². The predicted molar refractivity (Wildman–Crippen MR) is 141 cm³/mol. The molecule has 6 nitrogen and oxygen atoms in total. The summed E-state index contributed by atoms with van der Waals surface area (Å²) in [6, 6.07) is 20.2. The van der Waals surface area contributed by atoms with Crippen LogP contribution < -0.4 is 4.74 Å². The summed E-state index contributed by atoms with van der Waals surface area (Å²) in [5.74, 6) is 0.853. The van der Waals surface area contributed by atoms with Crippen molar-refractivity contribution in [3.05, 3.63) is 88.5 Å². The van der Waals surface area contributed by atoms with E-state index >= 15 is 0 Å². The number of aliphatic hydroxyl groups is 1. The van der Waals surface area contributed by atoms with E-state index in [-0.39, 0.29) is 30.7 Å². The first-order valence-corrected chi connectivity index (χ1v) is 13.0. The van der Waals surface area contributed by atoms with Gasteiger partial charge in [-0.05, 0) is 64.9 Å². The highest BCUT2D eigenvalue weighted by Gasteiger charge is 2.49. The van der Waals surface area contributed by atoms with Crippen molar-refractivity contribution in [3.63, 3.8) is 0 Å². The Labute approximate surface area is 217 Å². The molecule has 3 aromatic carbocycles. The van der Waals surface area contributed by atoms with Gasteiger partial charge in [0.05, 0.1) is 38.0 Å². The molecule has 6 heteroatoms. The minimum absolute atomic E-state index is 0.0133. The molecule has 37 heavy (non-hydrogen) atoms. The summed E-state index contributed by atoms with van der Waals surface area (Å²) in [7, 11) is 1.67. The van der Waals surface area contributed by atoms with Crippen molar-refractivity contribution in [2.75, 3.05) is 26.9 Å². The van der Waals surface area contributed by atoms with Gasteiger partial charge in [-0.1, -0.05) is 48.5 Å². The first-order chi connectivity index (χ1) is 17.9. The molecule has 0 radical (unpaired) electrons. The molecule has 2 saturated heterocycles. The monoisotopic (exact) mass is 499 g/mol. The number of benzene rings is 3. The lowest BCUT2D eigenvalue weighted by Crippen LogP contribution is -2.62. The molecule has 1 amide bonds. The van der Waals surface area contributed by atoms with Crippen molar-refractivity contribution in [2.24, 2.45) is 0 Å². The smallest absolute Gasteiger partial charge is 0.410 e. The number of morpholine rings is 1. The van der Waals surface area contributed by atoms with E-state index in [0.29, 0.717) is 26.1 Å². The SMILES string of the molecule is COc1c(C)cc(C2(O)CC3COCC(C2)N3C(=O)OCC2c3ccccc3-c3ccccc32)cc1C. The second kappa shape index (κ2) is 9.19. The third-order valence-corrected chi connectivity index (χ3v) is 8.30. The lowest BCUT2D eigenvalue weighted by atomic mass is 9.76. The molecule has 0 aromatic heterocycles. The summed E-state index contributed by atoms with van der Waals surface area (Å²) in [5.41, 5.74) is 6.61. The number of aryl methyl sites for hydroxylation is 2. The Morgan fingerprint density at radius 1 is 0.973 bits per heavy atom. The molecular formula is C31H33NO5. The molecular weight excluding hydrogens is 466 g/mol. The first-order valence-electron chi connectivity index (χ1n) is 13.0. The molecule has 0 spiro atoms. The molecule has 3 aromatic rings. The molecule has 1 aliphatic carbocycles. The third-order valence-electron chi connectivity index (χ3n) is 8.30. The van der Waals surface area contributed by atoms with Crippen LogP contribution in [0.15, 0.2) is 60.7 Å². The third kappa shape index (κ3) is 3.99. The van der Waals surface area contributed by atoms with Crippen LogP contribution in [0.4, 0.5) is 4.79 Å². The average Bonchev–Trinajstić information content (AvgIpc) is 3.20. The Hall–Kier alpha value is -3.35. The molecule has 2 aliphatic heterocycles. The van der Waals surface area contributed by atoms with Gasteiger partial charge in [-0.3, -0.25) is 4.90 Å². The normalized spacial score (nSPS) is 24.4. The summed E-state index contributed by atoms with van der Waals surface area (Å²) in [4.78, 5) is 15.3. The number of carbonyl (C=O) groups is 1. The highest BCUT2D eigenvalue weighted by molar-refractivity contribution is 5.79. The van der Waals surface area contributed by atoms with Crippen LogP contribution in [0.5, 0.6) is 5.75 Å². The molecule has 2 atom stereocenters. The van der Waals surface area contributed by atoms with Gasteiger partial charge in [0.1, 0.15) is 12.4 Å². The minimum atomic E-state index is -1.04. The molecule has 2 heterocycles. The largest absolute Gasteiger partial charge is 0.496 e. The van der Waals surface area contributed by atoms with E-state index in [9.17, 15) is 9.90 Å². The second-order valence-corrected chi connectivity index (χ2v) is 10.6. The van der Waals surface area contributed by atoms with Crippen LogP contribution in [-0.2, 0) is 15.1 Å². The van der Waals surface area contributed by atoms with Gasteiger partial charge < -0.3 is 19.3 Å². The van der Waals surface area contributed by atoms with Crippen molar-refractivity contribution in [1.29, 1.82) is 0 Å². The van der Waals surface area contributed by atoms with E-state index in [2.05, 4.69) is 24.3 Å². The minimum Gasteiger partial charge on any atom is -0.496 e. The molecule has 6 rings (SSSR count). The predicted octanol–water partition coefficient (Wildman–Crippen LogP) is 5.31. The zero-order valence-corrected chi connectivity index (χ0v) is 21.6. The summed E-state index contributed by atoms with van der Waals surface area (Å²) >= 11 is 0. The number of nitrogens with zero attached hydrogens (tertiary/aromatic N) is 1. The number of methoxy groups -OCH3 is 1. The van der Waals surface area contributed by atoms with Crippen LogP contribution in [-0.4, -0.2) is 55.1 Å². The zero-order valence-electron chi connectivity index (χ0n) is 21.6. The molecule has 0 saturated carbocycles. The molecule has 3 aliphatic rings. The van der Waals surface area contributed by atoms with Gasteiger partial charge in [-0.25, -0.2) is 4.79 Å². The fraction of sp³-hybridized carbons (Fsp3) is 0.387. The Morgan fingerprint density at radius 2 is 1.51 bits per heavy atom. The van der Waals surface area contributed by atoms with Gasteiger partial charge in [0.2, 0.25) is 0 Å². The van der Waals surface area contributed by atoms with Gasteiger partial charge in [-0.2, -0.15) is 0 Å². The van der Waals surface area contributed by atoms with E-state index in [4.69, 9.17) is 14.2 Å². The van der Waals surface area contributed by atoms with Crippen molar-refractivity contribution in [1.82, 2.24) is 4.90 Å². The molecule has 2 bridgehead atoms. The van der Waals surface area contributed by atoms with Crippen molar-refractivity contribution in [3.8, 4) is 16.9 Å². The second-order valence-electron chi connectivity index (χ2n) is 10.6. The Kier molecular flexibility index (Phi) is 5.97. The van der Waals surface area contributed by atoms with E-state index < -0.39 is 5.60 Å². The number of rotatable bonds is 4. The molecule has 2 unspecified atom stereocenters. The van der Waals surface area contributed by atoms with Crippen LogP contribution >= 0.6 is 0 Å². The standard InChI is InChI=1S/C31H33NO5/c1-19-12-21(13-20(2)29(19)35-3)31(34)14-22-16-36-17-23(15-31)32(22)30(33)37-18-28-26-10-6-4-8-24(26)25-9-5-7-11-27(25)28/h4-13,22-23,28,34H,14-18H2,1-3H3. The number of hydrogen-bond acceptors (Lipinski definition) is 5. The number of carbonyl (C=O) groups excluding carboxylic acids is 1. The van der Waals surface area contributed by atoms with Crippen LogP contribution in [0.2, 0.25) is 0 Å². The van der Waals surface area contributed by atoms with Crippen molar-refractivity contribution < 1.29 is 24.1 Å². The Bertz CT molecular complexity index is 1270. The van der Waals surface area contributed by atoms with Gasteiger partial charge in [0.25, 0.3) is 0 Å². The van der Waals surface area contributed by atoms with E-state index in [1.807, 2.05) is 55.1 Å². The summed E-state index contributed by atoms with van der Waals surface area (Å²) < 4.78 is 17.3. The summed E-state index contributed by atoms with van der Waals surface area (Å²) in [6.07, 6.45) is 0.474. The van der Waals surface area contributed by atoms with Gasteiger partial charge >= 0.3 is 6.09 Å². The van der Waals surface area contributed by atoms with E-state index in [0.717, 1.165) is 22.4 Å². The van der Waals surface area contributed by atoms with Crippen LogP contribution in [0, 0.1) is 13.8 Å². The highest BCUT2D eigenvalue weighted by atomic mass is 16.6. The number of amides is 1. The molecule has 2 fully saturated rings. The van der Waals surface area contributed by atoms with Crippen molar-refractivity contribution in [2.45, 2.75) is 50.3 Å². The van der Waals surface area contributed by atoms with E-state index in [1.54, 1.807) is 7.11 Å². The van der Waals surface area contributed by atoms with E-state index in [1.165, 1.54) is 22.3 Å². The number of ether oxygens (including phenoxy) is 3. The average molecular weight is 500 g/mol. The Balaban J connectivity index is 1.21. The maximum atomic E-state index is 13.5. The van der Waals surface area contributed by atoms with Gasteiger partial charge in [0.15, 0.2) is 0 Å². The summed E-state index contributed by atoms with van der Waals surface area (Å²) in [5, 5.41) is 11.8. The summed E-state index contributed by atoms with van der Waals surface area (Å²) in [6.45, 7) is 5.04. The molecule has 192 valence electrons. The van der Waals surface area contributed by atoms with Crippen LogP contribution in [0.25, 0.3) is 11.1 Å². The number of hydrogen-bond donors (Lipinski definition) is 1. The fourth-order valence-corrected chi connectivity index (χ4v) is 6.72. The first kappa shape index (κ1) is 24.0. The maximum absolute atomic E-state index is 13.5. The zero-order chi connectivity index (χ0) is 25.7. The lowest BCUT2D eigenvalue weighted by Gasteiger charge is -2.51. The molecule has 1 N–H and O–H groups in total. The number of piperidine rings is 1. The lowest BCUT2D eigenvalue weighted by molar-refractivity contribution is -0.136. The highest BCUT2D eigenvalue weighted by Crippen LogP contribution is 2.46. The topological polar surface area (TPSA) is 68.2 Å². The van der Waals surface area contributed by atoms with Crippen LogP contribution in [0.3, 0.4) is 0 Å². The fourth-order valence-electron chi connectivity index (χ4n) is 6.72. The van der Waals surface area contributed by atoms with Gasteiger partial charge in [-0.15, -0.1) is 0 Å². The quantitative estimate of drug-likeness (QED) is 0.527.